The second kappa shape index (κ2) is 4.89. The monoisotopic (exact) mass is 211 g/mol. The molecule has 15 heavy (non-hydrogen) atoms. The summed E-state index contributed by atoms with van der Waals surface area (Å²) in [6, 6.07) is 3.28. The average Bonchev–Trinajstić information content (AvgIpc) is 2.19. The third-order valence-corrected chi connectivity index (χ3v) is 2.13. The second-order valence-electron chi connectivity index (χ2n) is 3.52. The van der Waals surface area contributed by atoms with Crippen LogP contribution in [0.25, 0.3) is 0 Å². The number of phenols is 1. The van der Waals surface area contributed by atoms with Crippen LogP contribution in [0.1, 0.15) is 12.5 Å². The van der Waals surface area contributed by atoms with Crippen molar-refractivity contribution < 1.29 is 14.6 Å². The predicted molar refractivity (Wildman–Crippen MR) is 58.6 cm³/mol. The summed E-state index contributed by atoms with van der Waals surface area (Å²) in [7, 11) is 3.09. The van der Waals surface area contributed by atoms with Crippen LogP contribution in [0.15, 0.2) is 12.1 Å². The van der Waals surface area contributed by atoms with Crippen LogP contribution < -0.4 is 15.2 Å². The minimum absolute atomic E-state index is 0.00555. The van der Waals surface area contributed by atoms with Gasteiger partial charge in [-0.2, -0.15) is 0 Å². The first-order valence-electron chi connectivity index (χ1n) is 4.78. The van der Waals surface area contributed by atoms with Gasteiger partial charge in [0, 0.05) is 12.1 Å². The minimum Gasteiger partial charge on any atom is -0.508 e. The maximum atomic E-state index is 9.70. The molecule has 0 spiro atoms. The van der Waals surface area contributed by atoms with E-state index in [0.29, 0.717) is 17.9 Å². The zero-order chi connectivity index (χ0) is 11.4. The van der Waals surface area contributed by atoms with Crippen molar-refractivity contribution >= 4 is 0 Å². The van der Waals surface area contributed by atoms with Crippen LogP contribution in [0.2, 0.25) is 0 Å². The van der Waals surface area contributed by atoms with Gasteiger partial charge in [0.25, 0.3) is 0 Å². The molecular weight excluding hydrogens is 194 g/mol. The van der Waals surface area contributed by atoms with Gasteiger partial charge in [-0.3, -0.25) is 0 Å². The zero-order valence-electron chi connectivity index (χ0n) is 9.28. The molecule has 0 heterocycles. The van der Waals surface area contributed by atoms with E-state index in [2.05, 4.69) is 0 Å². The summed E-state index contributed by atoms with van der Waals surface area (Å²) in [5.74, 6) is 1.30. The molecule has 0 saturated heterocycles. The van der Waals surface area contributed by atoms with Crippen molar-refractivity contribution in [2.24, 2.45) is 5.73 Å². The fourth-order valence-corrected chi connectivity index (χ4v) is 1.42. The summed E-state index contributed by atoms with van der Waals surface area (Å²) in [6.45, 7) is 1.89. The largest absolute Gasteiger partial charge is 0.508 e. The molecule has 1 aromatic rings. The van der Waals surface area contributed by atoms with Crippen molar-refractivity contribution in [3.05, 3.63) is 17.7 Å². The fourth-order valence-electron chi connectivity index (χ4n) is 1.42. The number of benzene rings is 1. The normalized spacial score (nSPS) is 12.3. The Bertz CT molecular complexity index is 337. The van der Waals surface area contributed by atoms with Crippen molar-refractivity contribution in [3.63, 3.8) is 0 Å². The third kappa shape index (κ3) is 2.76. The molecule has 1 aromatic carbocycles. The van der Waals surface area contributed by atoms with E-state index in [0.717, 1.165) is 5.56 Å². The highest BCUT2D eigenvalue weighted by Gasteiger charge is 2.11. The SMILES string of the molecule is COc1cc(O)c(CC(C)N)cc1OC. The fraction of sp³-hybridized carbons (Fsp3) is 0.455. The maximum Gasteiger partial charge on any atom is 0.164 e. The Labute approximate surface area is 89.6 Å². The first kappa shape index (κ1) is 11.7. The highest BCUT2D eigenvalue weighted by Crippen LogP contribution is 2.34. The topological polar surface area (TPSA) is 64.7 Å². The Morgan fingerprint density at radius 2 is 1.80 bits per heavy atom. The lowest BCUT2D eigenvalue weighted by Crippen LogP contribution is -2.17. The van der Waals surface area contributed by atoms with E-state index in [4.69, 9.17) is 15.2 Å². The summed E-state index contributed by atoms with van der Waals surface area (Å²) in [4.78, 5) is 0. The van der Waals surface area contributed by atoms with Crippen LogP contribution in [0, 0.1) is 0 Å². The lowest BCUT2D eigenvalue weighted by Gasteiger charge is -2.12. The van der Waals surface area contributed by atoms with E-state index in [-0.39, 0.29) is 11.8 Å². The van der Waals surface area contributed by atoms with Gasteiger partial charge in [-0.15, -0.1) is 0 Å². The maximum absolute atomic E-state index is 9.70. The molecule has 0 aliphatic heterocycles. The summed E-state index contributed by atoms with van der Waals surface area (Å²) >= 11 is 0. The Balaban J connectivity index is 3.08. The van der Waals surface area contributed by atoms with E-state index >= 15 is 0 Å². The van der Waals surface area contributed by atoms with Crippen molar-refractivity contribution in [3.8, 4) is 17.2 Å². The van der Waals surface area contributed by atoms with E-state index < -0.39 is 0 Å². The summed E-state index contributed by atoms with van der Waals surface area (Å²) in [6.07, 6.45) is 0.603. The number of ether oxygens (including phenoxy) is 2. The highest BCUT2D eigenvalue weighted by atomic mass is 16.5. The number of hydrogen-bond acceptors (Lipinski definition) is 4. The summed E-state index contributed by atoms with van der Waals surface area (Å²) in [5.41, 5.74) is 6.44. The number of phenolic OH excluding ortho intramolecular Hbond substituents is 1. The van der Waals surface area contributed by atoms with Gasteiger partial charge >= 0.3 is 0 Å². The van der Waals surface area contributed by atoms with Crippen LogP contribution in [0.4, 0.5) is 0 Å². The molecule has 0 bridgehead atoms. The Morgan fingerprint density at radius 1 is 1.27 bits per heavy atom. The van der Waals surface area contributed by atoms with Crippen LogP contribution in [0.3, 0.4) is 0 Å². The highest BCUT2D eigenvalue weighted by molar-refractivity contribution is 5.50. The first-order valence-corrected chi connectivity index (χ1v) is 4.78. The molecule has 4 nitrogen and oxygen atoms in total. The number of rotatable bonds is 4. The van der Waals surface area contributed by atoms with Crippen LogP contribution in [0.5, 0.6) is 17.2 Å². The Kier molecular flexibility index (Phi) is 3.80. The molecule has 1 unspecified atom stereocenters. The van der Waals surface area contributed by atoms with Crippen molar-refractivity contribution in [2.75, 3.05) is 14.2 Å². The van der Waals surface area contributed by atoms with Crippen LogP contribution in [-0.2, 0) is 6.42 Å². The third-order valence-electron chi connectivity index (χ3n) is 2.13. The van der Waals surface area contributed by atoms with Crippen molar-refractivity contribution in [2.45, 2.75) is 19.4 Å². The Morgan fingerprint density at radius 3 is 2.27 bits per heavy atom. The molecule has 0 saturated carbocycles. The number of methoxy groups -OCH3 is 2. The molecule has 3 N–H and O–H groups in total. The molecule has 0 aliphatic carbocycles. The average molecular weight is 211 g/mol. The molecule has 1 atom stereocenters. The van der Waals surface area contributed by atoms with E-state index in [9.17, 15) is 5.11 Å². The molecule has 0 amide bonds. The van der Waals surface area contributed by atoms with Gasteiger partial charge in [0.15, 0.2) is 11.5 Å². The Hall–Kier alpha value is -1.42. The molecule has 4 heteroatoms. The van der Waals surface area contributed by atoms with E-state index in [1.165, 1.54) is 13.2 Å². The molecule has 0 aromatic heterocycles. The molecule has 84 valence electrons. The molecule has 0 aliphatic rings. The summed E-state index contributed by atoms with van der Waals surface area (Å²) < 4.78 is 10.2. The predicted octanol–water partition coefficient (Wildman–Crippen LogP) is 1.30. The van der Waals surface area contributed by atoms with Gasteiger partial charge in [0.05, 0.1) is 14.2 Å². The van der Waals surface area contributed by atoms with Crippen LogP contribution in [-0.4, -0.2) is 25.4 Å². The van der Waals surface area contributed by atoms with Gasteiger partial charge in [-0.1, -0.05) is 0 Å². The van der Waals surface area contributed by atoms with Crippen molar-refractivity contribution in [1.82, 2.24) is 0 Å². The molecular formula is C11H17NO3. The molecule has 1 rings (SSSR count). The smallest absolute Gasteiger partial charge is 0.164 e. The first-order chi connectivity index (χ1) is 7.08. The summed E-state index contributed by atoms with van der Waals surface area (Å²) in [5, 5.41) is 9.70. The van der Waals surface area contributed by atoms with Gasteiger partial charge in [-0.25, -0.2) is 0 Å². The lowest BCUT2D eigenvalue weighted by atomic mass is 10.1. The van der Waals surface area contributed by atoms with Crippen LogP contribution >= 0.6 is 0 Å². The number of hydrogen-bond donors (Lipinski definition) is 2. The lowest BCUT2D eigenvalue weighted by molar-refractivity contribution is 0.350. The van der Waals surface area contributed by atoms with Crippen molar-refractivity contribution in [1.29, 1.82) is 0 Å². The van der Waals surface area contributed by atoms with Gasteiger partial charge in [0.1, 0.15) is 5.75 Å². The van der Waals surface area contributed by atoms with E-state index in [1.807, 2.05) is 6.92 Å². The van der Waals surface area contributed by atoms with Gasteiger partial charge < -0.3 is 20.3 Å². The standard InChI is InChI=1S/C11H17NO3/c1-7(12)4-8-5-10(14-2)11(15-3)6-9(8)13/h5-7,13H,4,12H2,1-3H3. The van der Waals surface area contributed by atoms with Gasteiger partial charge in [0.2, 0.25) is 0 Å². The van der Waals surface area contributed by atoms with E-state index in [1.54, 1.807) is 13.2 Å². The molecule has 0 fully saturated rings. The second-order valence-corrected chi connectivity index (χ2v) is 3.52. The quantitative estimate of drug-likeness (QED) is 0.787. The zero-order valence-corrected chi connectivity index (χ0v) is 9.28. The number of nitrogens with two attached hydrogens (primary N) is 1. The van der Waals surface area contributed by atoms with Gasteiger partial charge in [-0.05, 0) is 25.0 Å². The number of aromatic hydroxyl groups is 1. The molecule has 0 radical (unpaired) electrons. The minimum atomic E-state index is -0.00555.